The van der Waals surface area contributed by atoms with Crippen LogP contribution in [0.5, 0.6) is 0 Å². The van der Waals surface area contributed by atoms with Crippen molar-refractivity contribution in [2.24, 2.45) is 11.3 Å². The highest BCUT2D eigenvalue weighted by atomic mass is 16.5. The molecule has 0 heterocycles. The number of ether oxygens (including phenoxy) is 1. The van der Waals surface area contributed by atoms with Gasteiger partial charge < -0.3 is 10.1 Å². The fourth-order valence-corrected chi connectivity index (χ4v) is 2.70. The zero-order valence-electron chi connectivity index (χ0n) is 10.5. The molecule has 4 heteroatoms. The van der Waals surface area contributed by atoms with Crippen molar-refractivity contribution in [3.8, 4) is 0 Å². The predicted molar refractivity (Wildman–Crippen MR) is 63.3 cm³/mol. The minimum atomic E-state index is -0.843. The lowest BCUT2D eigenvalue weighted by molar-refractivity contribution is -0.152. The van der Waals surface area contributed by atoms with Crippen molar-refractivity contribution in [2.45, 2.75) is 44.9 Å². The molecule has 2 aliphatic rings. The number of esters is 1. The van der Waals surface area contributed by atoms with Crippen LogP contribution in [0.4, 0.5) is 0 Å². The van der Waals surface area contributed by atoms with Gasteiger partial charge in [0, 0.05) is 6.54 Å². The number of hydrogen-bond donors (Lipinski definition) is 1. The zero-order valence-corrected chi connectivity index (χ0v) is 10.5. The molecule has 0 saturated heterocycles. The molecule has 0 aliphatic heterocycles. The fraction of sp³-hybridized carbons (Fsp3) is 0.846. The highest BCUT2D eigenvalue weighted by molar-refractivity contribution is 6.05. The van der Waals surface area contributed by atoms with E-state index in [4.69, 9.17) is 0 Å². The lowest BCUT2D eigenvalue weighted by atomic mass is 10.0. The molecule has 17 heavy (non-hydrogen) atoms. The van der Waals surface area contributed by atoms with Crippen LogP contribution in [-0.4, -0.2) is 25.5 Å². The number of carbonyl (C=O) groups is 2. The molecule has 0 bridgehead atoms. The Bertz CT molecular complexity index is 304. The number of nitrogens with one attached hydrogen (secondary N) is 1. The molecule has 2 fully saturated rings. The van der Waals surface area contributed by atoms with Crippen LogP contribution in [0.2, 0.25) is 0 Å². The molecule has 2 saturated carbocycles. The van der Waals surface area contributed by atoms with Crippen LogP contribution in [0.15, 0.2) is 0 Å². The van der Waals surface area contributed by atoms with Gasteiger partial charge in [0.2, 0.25) is 5.91 Å². The molecule has 0 atom stereocenters. The lowest BCUT2D eigenvalue weighted by Crippen LogP contribution is -2.38. The van der Waals surface area contributed by atoms with Gasteiger partial charge in [0.15, 0.2) is 0 Å². The molecule has 0 aromatic rings. The van der Waals surface area contributed by atoms with Crippen LogP contribution >= 0.6 is 0 Å². The van der Waals surface area contributed by atoms with Crippen LogP contribution in [0.1, 0.15) is 44.9 Å². The summed E-state index contributed by atoms with van der Waals surface area (Å²) < 4.78 is 4.68. The summed E-state index contributed by atoms with van der Waals surface area (Å²) in [5.74, 6) is 0.252. The molecule has 2 rings (SSSR count). The van der Waals surface area contributed by atoms with Gasteiger partial charge in [-0.3, -0.25) is 9.59 Å². The number of carbonyl (C=O) groups excluding carboxylic acids is 2. The standard InChI is InChI=1S/C13H21NO3/c1-17-12(16)13(7-8-13)11(15)14-9-6-10-4-2-3-5-10/h10H,2-9H2,1H3,(H,14,15). The summed E-state index contributed by atoms with van der Waals surface area (Å²) in [6.45, 7) is 0.697. The maximum Gasteiger partial charge on any atom is 0.321 e. The maximum absolute atomic E-state index is 11.9. The number of methoxy groups -OCH3 is 1. The van der Waals surface area contributed by atoms with Gasteiger partial charge in [0.1, 0.15) is 5.41 Å². The summed E-state index contributed by atoms with van der Waals surface area (Å²) in [5, 5.41) is 2.89. The second-order valence-electron chi connectivity index (χ2n) is 5.27. The first-order valence-electron chi connectivity index (χ1n) is 6.56. The first-order valence-corrected chi connectivity index (χ1v) is 6.56. The largest absolute Gasteiger partial charge is 0.468 e. The van der Waals surface area contributed by atoms with Crippen LogP contribution in [0.25, 0.3) is 0 Å². The third kappa shape index (κ3) is 2.61. The molecule has 0 spiro atoms. The molecule has 1 amide bonds. The van der Waals surface area contributed by atoms with E-state index in [2.05, 4.69) is 10.1 Å². The molecule has 4 nitrogen and oxygen atoms in total. The van der Waals surface area contributed by atoms with Crippen molar-refractivity contribution < 1.29 is 14.3 Å². The molecule has 1 N–H and O–H groups in total. The van der Waals surface area contributed by atoms with Crippen LogP contribution in [0.3, 0.4) is 0 Å². The van der Waals surface area contributed by atoms with E-state index in [1.165, 1.54) is 32.8 Å². The van der Waals surface area contributed by atoms with Crippen LogP contribution in [0, 0.1) is 11.3 Å². The van der Waals surface area contributed by atoms with E-state index in [-0.39, 0.29) is 11.9 Å². The average molecular weight is 239 g/mol. The van der Waals surface area contributed by atoms with Gasteiger partial charge >= 0.3 is 5.97 Å². The smallest absolute Gasteiger partial charge is 0.321 e. The minimum Gasteiger partial charge on any atom is -0.468 e. The zero-order chi connectivity index (χ0) is 12.3. The quantitative estimate of drug-likeness (QED) is 0.586. The Hall–Kier alpha value is -1.06. The van der Waals surface area contributed by atoms with Crippen molar-refractivity contribution in [1.82, 2.24) is 5.32 Å². The molecule has 96 valence electrons. The Labute approximate surface area is 102 Å². The van der Waals surface area contributed by atoms with E-state index in [0.717, 1.165) is 12.3 Å². The summed E-state index contributed by atoms with van der Waals surface area (Å²) in [7, 11) is 1.34. The van der Waals surface area contributed by atoms with E-state index in [1.807, 2.05) is 0 Å². The average Bonchev–Trinajstić information content (AvgIpc) is 3.00. The van der Waals surface area contributed by atoms with E-state index < -0.39 is 5.41 Å². The van der Waals surface area contributed by atoms with Gasteiger partial charge in [-0.15, -0.1) is 0 Å². The molecule has 2 aliphatic carbocycles. The van der Waals surface area contributed by atoms with Gasteiger partial charge in [0.25, 0.3) is 0 Å². The summed E-state index contributed by atoms with van der Waals surface area (Å²) in [6.07, 6.45) is 7.54. The first-order chi connectivity index (χ1) is 8.19. The third-order valence-electron chi connectivity index (χ3n) is 4.07. The van der Waals surface area contributed by atoms with Gasteiger partial charge in [-0.25, -0.2) is 0 Å². The van der Waals surface area contributed by atoms with E-state index in [0.29, 0.717) is 19.4 Å². The van der Waals surface area contributed by atoms with E-state index in [9.17, 15) is 9.59 Å². The SMILES string of the molecule is COC(=O)C1(C(=O)NCCC2CCCC2)CC1. The normalized spacial score (nSPS) is 22.2. The van der Waals surface area contributed by atoms with Gasteiger partial charge in [-0.1, -0.05) is 25.7 Å². The maximum atomic E-state index is 11.9. The summed E-state index contributed by atoms with van der Waals surface area (Å²) in [6, 6.07) is 0. The van der Waals surface area contributed by atoms with Gasteiger partial charge in [-0.05, 0) is 25.2 Å². The monoisotopic (exact) mass is 239 g/mol. The lowest BCUT2D eigenvalue weighted by Gasteiger charge is -2.14. The Morgan fingerprint density at radius 2 is 1.94 bits per heavy atom. The molecular formula is C13H21NO3. The van der Waals surface area contributed by atoms with E-state index >= 15 is 0 Å². The highest BCUT2D eigenvalue weighted by Gasteiger charge is 2.57. The molecular weight excluding hydrogens is 218 g/mol. The highest BCUT2D eigenvalue weighted by Crippen LogP contribution is 2.46. The molecule has 0 aromatic carbocycles. The molecule has 0 radical (unpaired) electrons. The second-order valence-corrected chi connectivity index (χ2v) is 5.27. The number of hydrogen-bond acceptors (Lipinski definition) is 3. The van der Waals surface area contributed by atoms with Gasteiger partial charge in [-0.2, -0.15) is 0 Å². The Kier molecular flexibility index (Phi) is 3.69. The first kappa shape index (κ1) is 12.4. The summed E-state index contributed by atoms with van der Waals surface area (Å²) >= 11 is 0. The van der Waals surface area contributed by atoms with Crippen molar-refractivity contribution in [3.63, 3.8) is 0 Å². The Morgan fingerprint density at radius 1 is 1.29 bits per heavy atom. The minimum absolute atomic E-state index is 0.137. The van der Waals surface area contributed by atoms with Gasteiger partial charge in [0.05, 0.1) is 7.11 Å². The summed E-state index contributed by atoms with van der Waals surface area (Å²) in [4.78, 5) is 23.4. The second kappa shape index (κ2) is 5.07. The Morgan fingerprint density at radius 3 is 2.47 bits per heavy atom. The third-order valence-corrected chi connectivity index (χ3v) is 4.07. The fourth-order valence-electron chi connectivity index (χ4n) is 2.70. The molecule has 0 unspecified atom stereocenters. The van der Waals surface area contributed by atoms with Crippen molar-refractivity contribution in [2.75, 3.05) is 13.7 Å². The van der Waals surface area contributed by atoms with Crippen LogP contribution in [-0.2, 0) is 14.3 Å². The number of rotatable bonds is 5. The van der Waals surface area contributed by atoms with Crippen molar-refractivity contribution >= 4 is 11.9 Å². The van der Waals surface area contributed by atoms with Crippen molar-refractivity contribution in [1.29, 1.82) is 0 Å². The van der Waals surface area contributed by atoms with E-state index in [1.54, 1.807) is 0 Å². The molecule has 0 aromatic heterocycles. The van der Waals surface area contributed by atoms with Crippen LogP contribution < -0.4 is 5.32 Å². The van der Waals surface area contributed by atoms with Crippen molar-refractivity contribution in [3.05, 3.63) is 0 Å². The Balaban J connectivity index is 1.72. The predicted octanol–water partition coefficient (Wildman–Crippen LogP) is 1.64. The topological polar surface area (TPSA) is 55.4 Å². The number of amides is 1. The summed E-state index contributed by atoms with van der Waals surface area (Å²) in [5.41, 5.74) is -0.843.